The van der Waals surface area contributed by atoms with Gasteiger partial charge in [0, 0.05) is 22.0 Å². The largest absolute Gasteiger partial charge is 0.309 e. The Balaban J connectivity index is 1.86. The van der Waals surface area contributed by atoms with Crippen molar-refractivity contribution in [2.24, 2.45) is 10.9 Å². The van der Waals surface area contributed by atoms with Crippen molar-refractivity contribution in [3.8, 4) is 0 Å². The third kappa shape index (κ3) is 4.72. The second kappa shape index (κ2) is 8.47. The van der Waals surface area contributed by atoms with Gasteiger partial charge in [-0.25, -0.2) is 8.78 Å². The Morgan fingerprint density at radius 2 is 2.00 bits per heavy atom. The molecule has 0 atom stereocenters. The normalized spacial score (nSPS) is 11.9. The van der Waals surface area contributed by atoms with Crippen LogP contribution in [0.4, 0.5) is 14.6 Å². The highest BCUT2D eigenvalue weighted by molar-refractivity contribution is 9.10. The van der Waals surface area contributed by atoms with Crippen LogP contribution < -0.4 is 10.6 Å². The number of hydrogen-bond donors (Lipinski definition) is 3. The lowest BCUT2D eigenvalue weighted by Crippen LogP contribution is -2.36. The first kappa shape index (κ1) is 19.9. The molecule has 28 heavy (non-hydrogen) atoms. The fraction of sp³-hybridized carbons (Fsp3) is 0.211. The first-order valence-corrected chi connectivity index (χ1v) is 9.34. The van der Waals surface area contributed by atoms with Crippen LogP contribution in [0.3, 0.4) is 0 Å². The van der Waals surface area contributed by atoms with Gasteiger partial charge in [-0.1, -0.05) is 29.8 Å². The van der Waals surface area contributed by atoms with Crippen molar-refractivity contribution in [1.29, 1.82) is 0 Å². The molecule has 1 aromatic heterocycles. The average Bonchev–Trinajstić information content (AvgIpc) is 3.03. The monoisotopic (exact) mass is 449 g/mol. The topological polar surface area (TPSA) is 82.2 Å². The van der Waals surface area contributed by atoms with Crippen molar-refractivity contribution < 1.29 is 13.6 Å². The molecule has 0 saturated heterocycles. The lowest BCUT2D eigenvalue weighted by Gasteiger charge is -2.11. The summed E-state index contributed by atoms with van der Waals surface area (Å²) in [6.07, 6.45) is 0. The number of fused-ring (bicyclic) bond motifs is 1. The number of nitrogens with zero attached hydrogens (tertiary/aromatic N) is 2. The lowest BCUT2D eigenvalue weighted by atomic mass is 10.2. The van der Waals surface area contributed by atoms with E-state index in [1.54, 1.807) is 0 Å². The summed E-state index contributed by atoms with van der Waals surface area (Å²) in [6, 6.07) is 8.56. The number of hydrogen-bond acceptors (Lipinski definition) is 3. The Morgan fingerprint density at radius 1 is 1.21 bits per heavy atom. The standard InChI is InChI=1S/C19H18BrF2N5O/c1-10(2)9-23-19(25-18(28)11-3-5-14(21)15(22)7-11)24-17-13-8-12(20)4-6-16(13)26-27-17/h3-8,10H,9H2,1-2H3,(H3,23,24,25,26,27,28). The van der Waals surface area contributed by atoms with E-state index in [0.29, 0.717) is 12.4 Å². The molecule has 3 N–H and O–H groups in total. The van der Waals surface area contributed by atoms with Gasteiger partial charge in [-0.15, -0.1) is 0 Å². The number of carbonyl (C=O) groups is 1. The number of guanidine groups is 1. The number of H-pyrrole nitrogens is 1. The Kier molecular flexibility index (Phi) is 6.03. The van der Waals surface area contributed by atoms with Gasteiger partial charge in [0.1, 0.15) is 0 Å². The molecule has 3 rings (SSSR count). The van der Waals surface area contributed by atoms with Gasteiger partial charge in [0.05, 0.1) is 5.52 Å². The Bertz CT molecular complexity index is 1050. The van der Waals surface area contributed by atoms with Crippen LogP contribution in [0.15, 0.2) is 45.9 Å². The van der Waals surface area contributed by atoms with Crippen LogP contribution >= 0.6 is 15.9 Å². The summed E-state index contributed by atoms with van der Waals surface area (Å²) in [5.41, 5.74) is 0.786. The van der Waals surface area contributed by atoms with Gasteiger partial charge in [0.15, 0.2) is 17.5 Å². The molecule has 2 aromatic carbocycles. The van der Waals surface area contributed by atoms with Crippen molar-refractivity contribution in [3.05, 3.63) is 58.1 Å². The molecule has 0 aliphatic carbocycles. The van der Waals surface area contributed by atoms with Crippen LogP contribution in [0.2, 0.25) is 0 Å². The summed E-state index contributed by atoms with van der Waals surface area (Å²) in [6.45, 7) is 4.42. The number of rotatable bonds is 4. The number of benzene rings is 2. The number of anilines is 1. The number of carbonyl (C=O) groups excluding carboxylic acids is 1. The average molecular weight is 450 g/mol. The zero-order chi connectivity index (χ0) is 20.3. The zero-order valence-electron chi connectivity index (χ0n) is 15.2. The Labute approximate surface area is 168 Å². The maximum atomic E-state index is 13.4. The second-order valence-electron chi connectivity index (χ2n) is 6.55. The molecule has 0 spiro atoms. The fourth-order valence-corrected chi connectivity index (χ4v) is 2.76. The molecule has 146 valence electrons. The molecule has 1 heterocycles. The predicted molar refractivity (Wildman–Crippen MR) is 108 cm³/mol. The number of amides is 1. The van der Waals surface area contributed by atoms with Crippen molar-refractivity contribution in [2.45, 2.75) is 13.8 Å². The van der Waals surface area contributed by atoms with Gasteiger partial charge in [0.25, 0.3) is 5.91 Å². The molecule has 3 aromatic rings. The third-order valence-corrected chi connectivity index (χ3v) is 4.28. The van der Waals surface area contributed by atoms with Gasteiger partial charge in [-0.3, -0.25) is 20.2 Å². The first-order valence-electron chi connectivity index (χ1n) is 8.55. The van der Waals surface area contributed by atoms with E-state index in [1.165, 1.54) is 6.07 Å². The van der Waals surface area contributed by atoms with Crippen LogP contribution in [-0.2, 0) is 0 Å². The molecule has 0 bridgehead atoms. The van der Waals surface area contributed by atoms with Crippen molar-refractivity contribution >= 4 is 44.5 Å². The second-order valence-corrected chi connectivity index (χ2v) is 7.47. The van der Waals surface area contributed by atoms with E-state index in [9.17, 15) is 13.6 Å². The molecule has 6 nitrogen and oxygen atoms in total. The van der Waals surface area contributed by atoms with E-state index < -0.39 is 17.5 Å². The highest BCUT2D eigenvalue weighted by Crippen LogP contribution is 2.24. The van der Waals surface area contributed by atoms with Crippen LogP contribution in [0.5, 0.6) is 0 Å². The number of halogens is 3. The summed E-state index contributed by atoms with van der Waals surface area (Å²) in [5.74, 6) is -1.83. The predicted octanol–water partition coefficient (Wildman–Crippen LogP) is 4.46. The van der Waals surface area contributed by atoms with E-state index in [4.69, 9.17) is 0 Å². The van der Waals surface area contributed by atoms with Crippen LogP contribution in [0.1, 0.15) is 24.2 Å². The molecule has 9 heteroatoms. The first-order chi connectivity index (χ1) is 13.3. The summed E-state index contributed by atoms with van der Waals surface area (Å²) >= 11 is 3.42. The molecule has 0 aliphatic heterocycles. The van der Waals surface area contributed by atoms with E-state index in [0.717, 1.165) is 27.5 Å². The van der Waals surface area contributed by atoms with E-state index in [1.807, 2.05) is 32.0 Å². The van der Waals surface area contributed by atoms with Crippen LogP contribution in [0.25, 0.3) is 10.9 Å². The van der Waals surface area contributed by atoms with Crippen molar-refractivity contribution in [3.63, 3.8) is 0 Å². The van der Waals surface area contributed by atoms with Gasteiger partial charge in [0.2, 0.25) is 5.96 Å². The minimum Gasteiger partial charge on any atom is -0.309 e. The number of aromatic nitrogens is 2. The van der Waals surface area contributed by atoms with Crippen LogP contribution in [-0.4, -0.2) is 28.6 Å². The number of aromatic amines is 1. The van der Waals surface area contributed by atoms with Gasteiger partial charge < -0.3 is 5.32 Å². The molecular formula is C19H18BrF2N5O. The quantitative estimate of drug-likeness (QED) is 0.406. The number of nitrogens with one attached hydrogen (secondary N) is 3. The summed E-state index contributed by atoms with van der Waals surface area (Å²) in [4.78, 5) is 16.8. The molecular weight excluding hydrogens is 432 g/mol. The minimum absolute atomic E-state index is 0.0208. The summed E-state index contributed by atoms with van der Waals surface area (Å²) < 4.78 is 27.4. The molecule has 0 aliphatic rings. The van der Waals surface area contributed by atoms with Gasteiger partial charge in [-0.05, 0) is 42.3 Å². The highest BCUT2D eigenvalue weighted by atomic mass is 79.9. The maximum absolute atomic E-state index is 13.4. The number of aliphatic imine (C=N–C) groups is 1. The van der Waals surface area contributed by atoms with Gasteiger partial charge >= 0.3 is 0 Å². The van der Waals surface area contributed by atoms with E-state index in [2.05, 4.69) is 41.8 Å². The molecule has 0 saturated carbocycles. The van der Waals surface area contributed by atoms with Crippen molar-refractivity contribution in [2.75, 3.05) is 11.9 Å². The highest BCUT2D eigenvalue weighted by Gasteiger charge is 2.14. The summed E-state index contributed by atoms with van der Waals surface area (Å²) in [7, 11) is 0. The third-order valence-electron chi connectivity index (χ3n) is 3.79. The zero-order valence-corrected chi connectivity index (χ0v) is 16.8. The van der Waals surface area contributed by atoms with Crippen molar-refractivity contribution in [1.82, 2.24) is 15.5 Å². The SMILES string of the molecule is CC(C)CN=C(NC(=O)c1ccc(F)c(F)c1)Nc1n[nH]c2ccc(Br)cc12. The van der Waals surface area contributed by atoms with E-state index in [-0.39, 0.29) is 17.4 Å². The Morgan fingerprint density at radius 3 is 2.71 bits per heavy atom. The Hall–Kier alpha value is -2.81. The molecule has 0 radical (unpaired) electrons. The fourth-order valence-electron chi connectivity index (χ4n) is 2.39. The molecule has 0 fully saturated rings. The van der Waals surface area contributed by atoms with Crippen LogP contribution in [0, 0.1) is 17.6 Å². The smallest absolute Gasteiger partial charge is 0.258 e. The van der Waals surface area contributed by atoms with E-state index >= 15 is 0 Å². The van der Waals surface area contributed by atoms with Gasteiger partial charge in [-0.2, -0.15) is 5.10 Å². The maximum Gasteiger partial charge on any atom is 0.258 e. The summed E-state index contributed by atoms with van der Waals surface area (Å²) in [5, 5.41) is 13.5. The molecule has 0 unspecified atom stereocenters. The minimum atomic E-state index is -1.09. The lowest BCUT2D eigenvalue weighted by molar-refractivity contribution is 0.0976. The molecule has 1 amide bonds.